The van der Waals surface area contributed by atoms with E-state index in [0.29, 0.717) is 16.7 Å². The Morgan fingerprint density at radius 3 is 2.25 bits per heavy atom. The zero-order chi connectivity index (χ0) is 23.1. The molecule has 1 nitrogen and oxygen atoms in total. The van der Waals surface area contributed by atoms with Crippen LogP contribution >= 0.6 is 0 Å². The van der Waals surface area contributed by atoms with Gasteiger partial charge in [-0.25, -0.2) is 0 Å². The number of aliphatic hydroxyl groups excluding tert-OH is 1. The molecule has 32 heavy (non-hydrogen) atoms. The summed E-state index contributed by atoms with van der Waals surface area (Å²) in [7, 11) is 0. The lowest BCUT2D eigenvalue weighted by molar-refractivity contribution is -0.152. The standard InChI is InChI=1S/C31H54O/c1-7-8-12-24-27-14-13-23-26-16-15-25(22(4)11-9-10-21(2)3)30(26,5)19-17-28(23)31(27,6)20-18-29(24)32/h7-8,21-29,32H,9-20H2,1-6H3/b8-7+/t22-,23?,24+,25-,26?,27?,28?,29-,30-,31+/m1/s1. The van der Waals surface area contributed by atoms with Crippen LogP contribution in [0.3, 0.4) is 0 Å². The van der Waals surface area contributed by atoms with E-state index in [1.165, 1.54) is 64.2 Å². The van der Waals surface area contributed by atoms with Crippen molar-refractivity contribution in [3.63, 3.8) is 0 Å². The Kier molecular flexibility index (Phi) is 7.56. The van der Waals surface area contributed by atoms with Gasteiger partial charge in [-0.1, -0.05) is 66.0 Å². The molecule has 0 saturated heterocycles. The van der Waals surface area contributed by atoms with E-state index < -0.39 is 0 Å². The van der Waals surface area contributed by atoms with E-state index in [4.69, 9.17) is 0 Å². The van der Waals surface area contributed by atoms with Crippen LogP contribution in [0.1, 0.15) is 119 Å². The van der Waals surface area contributed by atoms with Crippen molar-refractivity contribution in [2.75, 3.05) is 0 Å². The van der Waals surface area contributed by atoms with Gasteiger partial charge in [-0.05, 0) is 123 Å². The molecular weight excluding hydrogens is 388 g/mol. The van der Waals surface area contributed by atoms with Crippen molar-refractivity contribution in [1.82, 2.24) is 0 Å². The molecule has 1 heteroatoms. The van der Waals surface area contributed by atoms with Crippen LogP contribution in [0.25, 0.3) is 0 Å². The van der Waals surface area contributed by atoms with E-state index in [1.54, 1.807) is 0 Å². The van der Waals surface area contributed by atoms with E-state index in [0.717, 1.165) is 54.3 Å². The topological polar surface area (TPSA) is 20.2 Å². The molecule has 184 valence electrons. The summed E-state index contributed by atoms with van der Waals surface area (Å²) in [5, 5.41) is 10.9. The molecule has 4 fully saturated rings. The quantitative estimate of drug-likeness (QED) is 0.391. The van der Waals surface area contributed by atoms with Crippen LogP contribution in [0, 0.1) is 58.2 Å². The zero-order valence-corrected chi connectivity index (χ0v) is 22.3. The molecule has 0 spiro atoms. The zero-order valence-electron chi connectivity index (χ0n) is 22.3. The van der Waals surface area contributed by atoms with E-state index in [-0.39, 0.29) is 6.10 Å². The molecule has 0 radical (unpaired) electrons. The van der Waals surface area contributed by atoms with Gasteiger partial charge in [0.25, 0.3) is 0 Å². The maximum Gasteiger partial charge on any atom is 0.0574 e. The van der Waals surface area contributed by atoms with Gasteiger partial charge in [0.2, 0.25) is 0 Å². The minimum absolute atomic E-state index is 0.0720. The highest BCUT2D eigenvalue weighted by molar-refractivity contribution is 5.11. The summed E-state index contributed by atoms with van der Waals surface area (Å²) in [6.07, 6.45) is 20.9. The van der Waals surface area contributed by atoms with Crippen LogP contribution in [0.2, 0.25) is 0 Å². The SMILES string of the molecule is C/C=C/C[C@H]1C2CCC3C(CC[C@@]4(C)C3CC[C@@H]4[C@H](C)CCCC(C)C)[C@@]2(C)CC[C@H]1O. The lowest BCUT2D eigenvalue weighted by Crippen LogP contribution is -2.56. The predicted molar refractivity (Wildman–Crippen MR) is 137 cm³/mol. The van der Waals surface area contributed by atoms with E-state index in [9.17, 15) is 5.11 Å². The molecule has 4 rings (SSSR count). The third kappa shape index (κ3) is 4.27. The Bertz CT molecular complexity index is 651. The van der Waals surface area contributed by atoms with Gasteiger partial charge in [0.1, 0.15) is 0 Å². The van der Waals surface area contributed by atoms with Crippen molar-refractivity contribution in [1.29, 1.82) is 0 Å². The van der Waals surface area contributed by atoms with Gasteiger partial charge in [0.15, 0.2) is 0 Å². The molecule has 4 aliphatic rings. The Hall–Kier alpha value is -0.300. The molecule has 0 bridgehead atoms. The summed E-state index contributed by atoms with van der Waals surface area (Å²) in [6.45, 7) is 14.9. The highest BCUT2D eigenvalue weighted by atomic mass is 16.3. The van der Waals surface area contributed by atoms with Gasteiger partial charge in [-0.15, -0.1) is 0 Å². The summed E-state index contributed by atoms with van der Waals surface area (Å²) in [6, 6.07) is 0. The van der Waals surface area contributed by atoms with E-state index in [2.05, 4.69) is 53.7 Å². The second-order valence-electron chi connectivity index (χ2n) is 13.7. The third-order valence-electron chi connectivity index (χ3n) is 11.8. The lowest BCUT2D eigenvalue weighted by atomic mass is 9.43. The Morgan fingerprint density at radius 1 is 0.844 bits per heavy atom. The summed E-state index contributed by atoms with van der Waals surface area (Å²) in [5.74, 6) is 6.79. The molecule has 4 unspecified atom stereocenters. The fourth-order valence-corrected chi connectivity index (χ4v) is 10.1. The van der Waals surface area contributed by atoms with Crippen LogP contribution in [-0.2, 0) is 0 Å². The summed E-state index contributed by atoms with van der Waals surface area (Å²) < 4.78 is 0. The maximum absolute atomic E-state index is 10.9. The van der Waals surface area contributed by atoms with Crippen LogP contribution in [0.15, 0.2) is 12.2 Å². The fourth-order valence-electron chi connectivity index (χ4n) is 10.1. The molecule has 0 aliphatic heterocycles. The average Bonchev–Trinajstić information content (AvgIpc) is 3.10. The van der Waals surface area contributed by atoms with Crippen molar-refractivity contribution in [3.8, 4) is 0 Å². The van der Waals surface area contributed by atoms with Crippen LogP contribution in [-0.4, -0.2) is 11.2 Å². The highest BCUT2D eigenvalue weighted by Gasteiger charge is 2.61. The van der Waals surface area contributed by atoms with E-state index >= 15 is 0 Å². The van der Waals surface area contributed by atoms with Crippen molar-refractivity contribution in [3.05, 3.63) is 12.2 Å². The number of aliphatic hydroxyl groups is 1. The summed E-state index contributed by atoms with van der Waals surface area (Å²) in [4.78, 5) is 0. The van der Waals surface area contributed by atoms with Crippen molar-refractivity contribution in [2.24, 2.45) is 58.2 Å². The molecule has 10 atom stereocenters. The van der Waals surface area contributed by atoms with Gasteiger partial charge in [0, 0.05) is 0 Å². The van der Waals surface area contributed by atoms with Crippen LogP contribution in [0.5, 0.6) is 0 Å². The number of rotatable bonds is 7. The smallest absolute Gasteiger partial charge is 0.0574 e. The van der Waals surface area contributed by atoms with Crippen LogP contribution in [0.4, 0.5) is 0 Å². The largest absolute Gasteiger partial charge is 0.393 e. The summed E-state index contributed by atoms with van der Waals surface area (Å²) >= 11 is 0. The number of hydrogen-bond acceptors (Lipinski definition) is 1. The first-order valence-electron chi connectivity index (χ1n) is 14.5. The van der Waals surface area contributed by atoms with Gasteiger partial charge in [-0.3, -0.25) is 0 Å². The molecular formula is C31H54O. The molecule has 4 saturated carbocycles. The molecule has 4 aliphatic carbocycles. The highest BCUT2D eigenvalue weighted by Crippen LogP contribution is 2.69. The second kappa shape index (κ2) is 9.75. The van der Waals surface area contributed by atoms with Gasteiger partial charge in [0.05, 0.1) is 6.10 Å². The van der Waals surface area contributed by atoms with Crippen molar-refractivity contribution < 1.29 is 5.11 Å². The van der Waals surface area contributed by atoms with E-state index in [1.807, 2.05) is 0 Å². The maximum atomic E-state index is 10.9. The molecule has 0 amide bonds. The number of fused-ring (bicyclic) bond motifs is 5. The molecule has 1 N–H and O–H groups in total. The first-order chi connectivity index (χ1) is 15.2. The molecule has 0 aromatic rings. The molecule has 0 aromatic carbocycles. The van der Waals surface area contributed by atoms with Gasteiger partial charge >= 0.3 is 0 Å². The first-order valence-corrected chi connectivity index (χ1v) is 14.5. The second-order valence-corrected chi connectivity index (χ2v) is 13.7. The summed E-state index contributed by atoms with van der Waals surface area (Å²) in [5.41, 5.74) is 1.07. The molecule has 0 heterocycles. The Morgan fingerprint density at radius 2 is 1.53 bits per heavy atom. The first kappa shape index (κ1) is 24.8. The van der Waals surface area contributed by atoms with Crippen molar-refractivity contribution in [2.45, 2.75) is 125 Å². The normalized spacial score (nSPS) is 47.3. The lowest BCUT2D eigenvalue weighted by Gasteiger charge is -2.62. The van der Waals surface area contributed by atoms with Crippen LogP contribution < -0.4 is 0 Å². The average molecular weight is 443 g/mol. The third-order valence-corrected chi connectivity index (χ3v) is 11.8. The number of hydrogen-bond donors (Lipinski definition) is 1. The monoisotopic (exact) mass is 442 g/mol. The minimum atomic E-state index is -0.0720. The van der Waals surface area contributed by atoms with Crippen molar-refractivity contribution >= 4 is 0 Å². The predicted octanol–water partition coefficient (Wildman–Crippen LogP) is 8.66. The molecule has 0 aromatic heterocycles. The van der Waals surface area contributed by atoms with Gasteiger partial charge in [-0.2, -0.15) is 0 Å². The fraction of sp³-hybridized carbons (Fsp3) is 0.935. The Balaban J connectivity index is 1.48. The number of allylic oxidation sites excluding steroid dienone is 2. The minimum Gasteiger partial charge on any atom is -0.393 e. The van der Waals surface area contributed by atoms with Gasteiger partial charge < -0.3 is 5.11 Å². The Labute approximate surface area is 200 Å².